The largest absolute Gasteiger partial charge is 0.741 e. The lowest BCUT2D eigenvalue weighted by Gasteiger charge is -2.08. The van der Waals surface area contributed by atoms with E-state index in [2.05, 4.69) is 45.0 Å². The van der Waals surface area contributed by atoms with Crippen molar-refractivity contribution < 1.29 is 52.1 Å². The number of carbonyl (C=O) groups excluding carboxylic acids is 1. The van der Waals surface area contributed by atoms with E-state index in [0.29, 0.717) is 0 Å². The van der Waals surface area contributed by atoms with Gasteiger partial charge < -0.3 is 4.55 Å². The molecule has 0 saturated heterocycles. The fourth-order valence-electron chi connectivity index (χ4n) is 2.87. The number of hydrogen-bond donors (Lipinski definition) is 0. The number of halogens is 4. The zero-order valence-electron chi connectivity index (χ0n) is 17.4. The Kier molecular flexibility index (Phi) is 8.60. The van der Waals surface area contributed by atoms with E-state index in [4.69, 9.17) is 13.0 Å². The third-order valence-electron chi connectivity index (χ3n) is 4.19. The normalized spacial score (nSPS) is 11.5. The van der Waals surface area contributed by atoms with Crippen LogP contribution in [-0.4, -0.2) is 24.3 Å². The minimum atomic E-state index is -6.09. The van der Waals surface area contributed by atoms with Gasteiger partial charge in [-0.1, -0.05) is 60.2 Å². The third kappa shape index (κ3) is 7.14. The van der Waals surface area contributed by atoms with Crippen LogP contribution in [0.25, 0.3) is 0 Å². The maximum Gasteiger partial charge on any atom is 0.485 e. The van der Waals surface area contributed by atoms with E-state index in [1.54, 1.807) is 0 Å². The molecule has 0 aromatic heterocycles. The molecule has 0 amide bonds. The van der Waals surface area contributed by atoms with E-state index in [0.717, 1.165) is 11.1 Å². The van der Waals surface area contributed by atoms with Gasteiger partial charge in [-0.3, -0.25) is 4.79 Å². The van der Waals surface area contributed by atoms with Crippen molar-refractivity contribution in [2.24, 2.45) is 0 Å². The van der Waals surface area contributed by atoms with Crippen molar-refractivity contribution in [3.8, 4) is 0 Å². The van der Waals surface area contributed by atoms with Crippen LogP contribution in [0, 0.1) is 27.9 Å². The monoisotopic (exact) mass is 576 g/mol. The highest BCUT2D eigenvalue weighted by Crippen LogP contribution is 2.20. The average Bonchev–Trinajstić information content (AvgIpc) is 2.70. The van der Waals surface area contributed by atoms with Gasteiger partial charge in [-0.2, -0.15) is 13.2 Å². The van der Waals surface area contributed by atoms with Crippen molar-refractivity contribution in [3.05, 3.63) is 102 Å². The smallest absolute Gasteiger partial charge is 0.485 e. The number of alkyl halides is 3. The van der Waals surface area contributed by atoms with E-state index in [9.17, 15) is 18.0 Å². The van der Waals surface area contributed by atoms with Gasteiger partial charge in [-0.25, -0.2) is 8.42 Å². The Hall–Kier alpha value is -2.24. The first-order valence-corrected chi connectivity index (χ1v) is 12.8. The number of carbonyl (C=O) groups is 1. The van der Waals surface area contributed by atoms with Crippen LogP contribution in [0.15, 0.2) is 66.7 Å². The highest BCUT2D eigenvalue weighted by Gasteiger charge is 2.36. The lowest BCUT2D eigenvalue weighted by molar-refractivity contribution is -0.598. The summed E-state index contributed by atoms with van der Waals surface area (Å²) in [5, 5.41) is 0. The fraction of sp³-hybridized carbons (Fsp3) is 0.174. The standard InChI is InChI=1S/C22H20IO.CHF3O3S/c1-15-12-16(2)21(17(3)13-15)23-20-11-7-10-19(14-20)22(24)18-8-5-4-6-9-18;2-1(3,4)8(5,6)7/h4-14H,1-3H3;(H,5,6,7)/q+1;/p-1. The maximum atomic E-state index is 12.6. The SMILES string of the molecule is Cc1cc(C)c([I+]c2cccc(C(=O)c3ccccc3)c2)c(C)c1.O=S(=O)([O-])C(F)(F)F. The van der Waals surface area contributed by atoms with Crippen LogP contribution in [-0.2, 0) is 10.1 Å². The number of ketones is 1. The van der Waals surface area contributed by atoms with E-state index in [1.807, 2.05) is 42.5 Å². The first-order chi connectivity index (χ1) is 14.8. The Morgan fingerprint density at radius 3 is 1.84 bits per heavy atom. The van der Waals surface area contributed by atoms with Crippen LogP contribution in [0.3, 0.4) is 0 Å². The molecule has 0 atom stereocenters. The molecule has 0 aliphatic carbocycles. The first kappa shape index (κ1) is 26.0. The molecule has 0 bridgehead atoms. The molecule has 0 saturated carbocycles. The van der Waals surface area contributed by atoms with E-state index in [1.165, 1.54) is 23.8 Å². The van der Waals surface area contributed by atoms with Gasteiger partial charge in [-0.05, 0) is 26.8 Å². The number of benzene rings is 3. The highest BCUT2D eigenvalue weighted by atomic mass is 127. The zero-order chi connectivity index (χ0) is 24.1. The molecular weight excluding hydrogens is 556 g/mol. The minimum absolute atomic E-state index is 0.0961. The van der Waals surface area contributed by atoms with E-state index in [-0.39, 0.29) is 27.0 Å². The topological polar surface area (TPSA) is 74.3 Å². The number of hydrogen-bond acceptors (Lipinski definition) is 4. The summed E-state index contributed by atoms with van der Waals surface area (Å²) in [5.74, 6) is 0.0961. The van der Waals surface area contributed by atoms with Gasteiger partial charge in [0.25, 0.3) is 0 Å². The second-order valence-electron chi connectivity index (χ2n) is 6.91. The number of rotatable bonds is 4. The van der Waals surface area contributed by atoms with Gasteiger partial charge in [-0.15, -0.1) is 0 Å². The molecule has 9 heteroatoms. The summed E-state index contributed by atoms with van der Waals surface area (Å²) in [7, 11) is -6.09. The molecule has 0 aliphatic heterocycles. The molecule has 0 fully saturated rings. The molecule has 32 heavy (non-hydrogen) atoms. The predicted molar refractivity (Wildman–Crippen MR) is 110 cm³/mol. The van der Waals surface area contributed by atoms with Gasteiger partial charge in [0.15, 0.2) is 23.0 Å². The van der Waals surface area contributed by atoms with Gasteiger partial charge in [0, 0.05) is 28.3 Å². The van der Waals surface area contributed by atoms with Gasteiger partial charge in [0.2, 0.25) is 0 Å². The zero-order valence-corrected chi connectivity index (χ0v) is 20.4. The maximum absolute atomic E-state index is 12.6. The summed E-state index contributed by atoms with van der Waals surface area (Å²) < 4.78 is 61.6. The van der Waals surface area contributed by atoms with Crippen molar-refractivity contribution >= 4 is 15.9 Å². The Bertz CT molecular complexity index is 1180. The minimum Gasteiger partial charge on any atom is -0.741 e. The van der Waals surface area contributed by atoms with E-state index < -0.39 is 15.6 Å². The predicted octanol–water partition coefficient (Wildman–Crippen LogP) is 2.02. The summed E-state index contributed by atoms with van der Waals surface area (Å²) >= 11 is -0.292. The molecule has 0 aliphatic rings. The lowest BCUT2D eigenvalue weighted by atomic mass is 10.0. The molecule has 3 aromatic rings. The van der Waals surface area contributed by atoms with Crippen LogP contribution < -0.4 is 21.2 Å². The van der Waals surface area contributed by atoms with Crippen molar-refractivity contribution in [1.29, 1.82) is 0 Å². The third-order valence-corrected chi connectivity index (χ3v) is 8.29. The van der Waals surface area contributed by atoms with Gasteiger partial charge >= 0.3 is 26.7 Å². The van der Waals surface area contributed by atoms with Crippen molar-refractivity contribution in [2.45, 2.75) is 26.3 Å². The summed E-state index contributed by atoms with van der Waals surface area (Å²) in [4.78, 5) is 12.6. The Morgan fingerprint density at radius 1 is 0.844 bits per heavy atom. The quantitative estimate of drug-likeness (QED) is 0.206. The fourth-order valence-corrected chi connectivity index (χ4v) is 5.53. The summed E-state index contributed by atoms with van der Waals surface area (Å²) in [5.41, 5.74) is -0.0881. The van der Waals surface area contributed by atoms with Gasteiger partial charge in [0.05, 0.1) is 0 Å². The van der Waals surface area contributed by atoms with Crippen molar-refractivity contribution in [2.75, 3.05) is 0 Å². The molecule has 3 aromatic carbocycles. The molecule has 3 rings (SSSR count). The molecule has 0 heterocycles. The first-order valence-electron chi connectivity index (χ1n) is 9.24. The Balaban J connectivity index is 0.000000390. The Morgan fingerprint density at radius 2 is 1.34 bits per heavy atom. The summed E-state index contributed by atoms with van der Waals surface area (Å²) in [6.45, 7) is 6.52. The Labute approximate surface area is 195 Å². The van der Waals surface area contributed by atoms with Crippen LogP contribution in [0.4, 0.5) is 13.2 Å². The van der Waals surface area contributed by atoms with Crippen LogP contribution in [0.5, 0.6) is 0 Å². The molecule has 4 nitrogen and oxygen atoms in total. The van der Waals surface area contributed by atoms with Crippen LogP contribution in [0.2, 0.25) is 0 Å². The second kappa shape index (κ2) is 10.6. The molecule has 0 unspecified atom stereocenters. The molecule has 0 spiro atoms. The molecule has 170 valence electrons. The number of aryl methyl sites for hydroxylation is 3. The molecule has 0 N–H and O–H groups in total. The molecule has 0 radical (unpaired) electrons. The lowest BCUT2D eigenvalue weighted by Crippen LogP contribution is -3.62. The van der Waals surface area contributed by atoms with Gasteiger partial charge in [0.1, 0.15) is 0 Å². The van der Waals surface area contributed by atoms with Crippen LogP contribution in [0.1, 0.15) is 32.6 Å². The summed E-state index contributed by atoms with van der Waals surface area (Å²) in [6, 6.07) is 22.1. The van der Waals surface area contributed by atoms with Crippen LogP contribution >= 0.6 is 0 Å². The van der Waals surface area contributed by atoms with E-state index >= 15 is 0 Å². The highest BCUT2D eigenvalue weighted by molar-refractivity contribution is 7.86. The second-order valence-corrected chi connectivity index (χ2v) is 11.1. The summed E-state index contributed by atoms with van der Waals surface area (Å²) in [6.07, 6.45) is 0. The average molecular weight is 576 g/mol. The molecular formula is C23H20F3IO4S. The van der Waals surface area contributed by atoms with Crippen molar-refractivity contribution in [1.82, 2.24) is 0 Å². The van der Waals surface area contributed by atoms with Crippen molar-refractivity contribution in [3.63, 3.8) is 0 Å².